The predicted octanol–water partition coefficient (Wildman–Crippen LogP) is 1.85. The molecule has 0 radical (unpaired) electrons. The molecule has 3 heteroatoms. The predicted molar refractivity (Wildman–Crippen MR) is 57.5 cm³/mol. The summed E-state index contributed by atoms with van der Waals surface area (Å²) in [4.78, 5) is 4.34. The van der Waals surface area contributed by atoms with Crippen LogP contribution in [0.4, 0.5) is 0 Å². The lowest BCUT2D eigenvalue weighted by atomic mass is 9.93. The number of pyridine rings is 1. The van der Waals surface area contributed by atoms with Gasteiger partial charge in [0.05, 0.1) is 12.3 Å². The number of aliphatic hydroxyl groups excluding tert-OH is 1. The number of nitrogens with zero attached hydrogens (tertiary/aromatic N) is 1. The van der Waals surface area contributed by atoms with Crippen molar-refractivity contribution in [3.8, 4) is 0 Å². The van der Waals surface area contributed by atoms with Gasteiger partial charge >= 0.3 is 0 Å². The zero-order valence-electron chi connectivity index (χ0n) is 9.02. The summed E-state index contributed by atoms with van der Waals surface area (Å²) in [6, 6.07) is 5.75. The fourth-order valence-electron chi connectivity index (χ4n) is 1.98. The Kier molecular flexibility index (Phi) is 3.34. The van der Waals surface area contributed by atoms with Crippen LogP contribution in [-0.2, 0) is 4.74 Å². The molecule has 3 nitrogen and oxygen atoms in total. The quantitative estimate of drug-likeness (QED) is 0.804. The highest BCUT2D eigenvalue weighted by molar-refractivity contribution is 5.12. The maximum absolute atomic E-state index is 10.1. The van der Waals surface area contributed by atoms with Crippen LogP contribution in [0.1, 0.15) is 30.3 Å². The van der Waals surface area contributed by atoms with Crippen LogP contribution in [0.25, 0.3) is 0 Å². The van der Waals surface area contributed by atoms with Crippen LogP contribution in [0.15, 0.2) is 18.2 Å². The van der Waals surface area contributed by atoms with Crippen LogP contribution in [0.2, 0.25) is 0 Å². The van der Waals surface area contributed by atoms with E-state index < -0.39 is 6.10 Å². The van der Waals surface area contributed by atoms with E-state index >= 15 is 0 Å². The SMILES string of the molecule is Cc1cccc(C(O)C2CCCOC2)n1. The third kappa shape index (κ3) is 2.55. The zero-order chi connectivity index (χ0) is 10.7. The number of ether oxygens (including phenoxy) is 1. The Morgan fingerprint density at radius 3 is 3.07 bits per heavy atom. The minimum Gasteiger partial charge on any atom is -0.386 e. The second-order valence-electron chi connectivity index (χ2n) is 4.13. The van der Waals surface area contributed by atoms with E-state index in [2.05, 4.69) is 4.98 Å². The van der Waals surface area contributed by atoms with Crippen LogP contribution in [0.3, 0.4) is 0 Å². The highest BCUT2D eigenvalue weighted by Crippen LogP contribution is 2.27. The Balaban J connectivity index is 2.08. The molecule has 0 aliphatic carbocycles. The van der Waals surface area contributed by atoms with E-state index in [1.165, 1.54) is 0 Å². The molecule has 0 aromatic carbocycles. The van der Waals surface area contributed by atoms with Crippen LogP contribution >= 0.6 is 0 Å². The van der Waals surface area contributed by atoms with Gasteiger partial charge in [0.2, 0.25) is 0 Å². The fourth-order valence-corrected chi connectivity index (χ4v) is 1.98. The average Bonchev–Trinajstić information content (AvgIpc) is 2.29. The van der Waals surface area contributed by atoms with Gasteiger partial charge in [-0.1, -0.05) is 6.07 Å². The molecule has 2 unspecified atom stereocenters. The zero-order valence-corrected chi connectivity index (χ0v) is 9.02. The summed E-state index contributed by atoms with van der Waals surface area (Å²) >= 11 is 0. The summed E-state index contributed by atoms with van der Waals surface area (Å²) in [5.74, 6) is 0.202. The van der Waals surface area contributed by atoms with Gasteiger partial charge in [0, 0.05) is 18.2 Å². The molecule has 1 fully saturated rings. The summed E-state index contributed by atoms with van der Waals surface area (Å²) < 4.78 is 5.37. The van der Waals surface area contributed by atoms with Gasteiger partial charge in [-0.05, 0) is 31.9 Å². The second kappa shape index (κ2) is 4.73. The lowest BCUT2D eigenvalue weighted by Crippen LogP contribution is -2.24. The minimum atomic E-state index is -0.481. The summed E-state index contributed by atoms with van der Waals surface area (Å²) in [5.41, 5.74) is 1.72. The molecule has 15 heavy (non-hydrogen) atoms. The molecule has 1 aliphatic rings. The second-order valence-corrected chi connectivity index (χ2v) is 4.13. The van der Waals surface area contributed by atoms with Crippen LogP contribution in [-0.4, -0.2) is 23.3 Å². The van der Waals surface area contributed by atoms with Gasteiger partial charge in [-0.15, -0.1) is 0 Å². The first kappa shape index (κ1) is 10.6. The first-order valence-corrected chi connectivity index (χ1v) is 5.47. The minimum absolute atomic E-state index is 0.202. The first-order valence-electron chi connectivity index (χ1n) is 5.47. The molecule has 0 bridgehead atoms. The van der Waals surface area contributed by atoms with Crippen molar-refractivity contribution in [3.05, 3.63) is 29.6 Å². The van der Waals surface area contributed by atoms with E-state index in [1.807, 2.05) is 25.1 Å². The number of aryl methyl sites for hydroxylation is 1. The molecule has 1 N–H and O–H groups in total. The molecule has 1 saturated heterocycles. The lowest BCUT2D eigenvalue weighted by molar-refractivity contribution is -0.0116. The largest absolute Gasteiger partial charge is 0.386 e. The Morgan fingerprint density at radius 2 is 2.40 bits per heavy atom. The Hall–Kier alpha value is -0.930. The molecule has 2 heterocycles. The molecule has 2 atom stereocenters. The highest BCUT2D eigenvalue weighted by Gasteiger charge is 2.24. The first-order chi connectivity index (χ1) is 7.27. The van der Waals surface area contributed by atoms with Crippen molar-refractivity contribution in [1.82, 2.24) is 4.98 Å². The molecule has 1 aromatic heterocycles. The van der Waals surface area contributed by atoms with Crippen LogP contribution < -0.4 is 0 Å². The van der Waals surface area contributed by atoms with Crippen molar-refractivity contribution in [2.75, 3.05) is 13.2 Å². The van der Waals surface area contributed by atoms with E-state index in [1.54, 1.807) is 0 Å². The van der Waals surface area contributed by atoms with Gasteiger partial charge in [0.15, 0.2) is 0 Å². The molecule has 0 saturated carbocycles. The van der Waals surface area contributed by atoms with E-state index in [0.29, 0.717) is 6.61 Å². The van der Waals surface area contributed by atoms with Crippen molar-refractivity contribution in [1.29, 1.82) is 0 Å². The lowest BCUT2D eigenvalue weighted by Gasteiger charge is -2.26. The van der Waals surface area contributed by atoms with Gasteiger partial charge in [-0.3, -0.25) is 4.98 Å². The van der Waals surface area contributed by atoms with Gasteiger partial charge < -0.3 is 9.84 Å². The number of hydrogen-bond acceptors (Lipinski definition) is 3. The molecular weight excluding hydrogens is 190 g/mol. The summed E-state index contributed by atoms with van der Waals surface area (Å²) in [6.07, 6.45) is 1.58. The topological polar surface area (TPSA) is 42.4 Å². The van der Waals surface area contributed by atoms with Gasteiger partial charge in [-0.25, -0.2) is 0 Å². The van der Waals surface area contributed by atoms with Gasteiger partial charge in [0.1, 0.15) is 6.10 Å². The van der Waals surface area contributed by atoms with Crippen LogP contribution in [0, 0.1) is 12.8 Å². The Bertz CT molecular complexity index is 321. The summed E-state index contributed by atoms with van der Waals surface area (Å²) in [6.45, 7) is 3.41. The standard InChI is InChI=1S/C12H17NO2/c1-9-4-2-6-11(13-9)12(14)10-5-3-7-15-8-10/h2,4,6,10,12,14H,3,5,7-8H2,1H3. The third-order valence-corrected chi connectivity index (χ3v) is 2.85. The monoisotopic (exact) mass is 207 g/mol. The average molecular weight is 207 g/mol. The maximum atomic E-state index is 10.1. The van der Waals surface area contributed by atoms with Crippen molar-refractivity contribution in [2.24, 2.45) is 5.92 Å². The van der Waals surface area contributed by atoms with E-state index in [4.69, 9.17) is 4.74 Å². The molecule has 0 spiro atoms. The van der Waals surface area contributed by atoms with Crippen molar-refractivity contribution in [2.45, 2.75) is 25.9 Å². The number of hydrogen-bond donors (Lipinski definition) is 1. The number of rotatable bonds is 2. The number of aromatic nitrogens is 1. The highest BCUT2D eigenvalue weighted by atomic mass is 16.5. The fraction of sp³-hybridized carbons (Fsp3) is 0.583. The number of aliphatic hydroxyl groups is 1. The van der Waals surface area contributed by atoms with Crippen molar-refractivity contribution < 1.29 is 9.84 Å². The molecule has 0 amide bonds. The van der Waals surface area contributed by atoms with Crippen LogP contribution in [0.5, 0.6) is 0 Å². The Morgan fingerprint density at radius 1 is 1.53 bits per heavy atom. The molecule has 1 aromatic rings. The smallest absolute Gasteiger partial charge is 0.101 e. The Labute approximate surface area is 90.1 Å². The summed E-state index contributed by atoms with van der Waals surface area (Å²) in [5, 5.41) is 10.1. The van der Waals surface area contributed by atoms with Crippen molar-refractivity contribution >= 4 is 0 Å². The van der Waals surface area contributed by atoms with Crippen molar-refractivity contribution in [3.63, 3.8) is 0 Å². The molecule has 82 valence electrons. The van der Waals surface area contributed by atoms with Gasteiger partial charge in [-0.2, -0.15) is 0 Å². The maximum Gasteiger partial charge on any atom is 0.101 e. The molecule has 1 aliphatic heterocycles. The molecule has 2 rings (SSSR count). The van der Waals surface area contributed by atoms with E-state index in [-0.39, 0.29) is 5.92 Å². The van der Waals surface area contributed by atoms with Gasteiger partial charge in [0.25, 0.3) is 0 Å². The van der Waals surface area contributed by atoms with E-state index in [0.717, 1.165) is 30.8 Å². The molecular formula is C12H17NO2. The summed E-state index contributed by atoms with van der Waals surface area (Å²) in [7, 11) is 0. The third-order valence-electron chi connectivity index (χ3n) is 2.85. The van der Waals surface area contributed by atoms with E-state index in [9.17, 15) is 5.11 Å². The normalized spacial score (nSPS) is 23.7.